The van der Waals surface area contributed by atoms with Gasteiger partial charge in [0.1, 0.15) is 11.5 Å². The van der Waals surface area contributed by atoms with Crippen LogP contribution in [-0.2, 0) is 17.6 Å². The van der Waals surface area contributed by atoms with Crippen LogP contribution in [0.25, 0.3) is 0 Å². The van der Waals surface area contributed by atoms with Crippen LogP contribution in [0.4, 0.5) is 10.5 Å². The molecule has 0 atom stereocenters. The van der Waals surface area contributed by atoms with Crippen LogP contribution in [0, 0.1) is 6.92 Å². The first-order chi connectivity index (χ1) is 11.5. The summed E-state index contributed by atoms with van der Waals surface area (Å²) >= 11 is 0. The van der Waals surface area contributed by atoms with Crippen LogP contribution < -0.4 is 10.6 Å². The molecule has 24 heavy (non-hydrogen) atoms. The molecule has 3 amide bonds. The van der Waals surface area contributed by atoms with Gasteiger partial charge in [-0.05, 0) is 30.7 Å². The van der Waals surface area contributed by atoms with E-state index in [-0.39, 0.29) is 18.4 Å². The molecule has 128 valence electrons. The molecule has 0 fully saturated rings. The minimum atomic E-state index is -0.303. The standard InChI is InChI=1S/C18H23N3O3/c1-13-8-9-15(24-13)10-11-19-18(23)20-16-7-5-4-6-14(16)12-17(22)21(2)3/h4-9H,10-12H2,1-3H3,(H2,19,20,23). The number of carbonyl (C=O) groups excluding carboxylic acids is 2. The van der Waals surface area contributed by atoms with E-state index in [4.69, 9.17) is 4.42 Å². The van der Waals surface area contributed by atoms with Gasteiger partial charge in [0.15, 0.2) is 0 Å². The fraction of sp³-hybridized carbons (Fsp3) is 0.333. The van der Waals surface area contributed by atoms with Crippen molar-refractivity contribution >= 4 is 17.6 Å². The number of benzene rings is 1. The Morgan fingerprint density at radius 1 is 1.12 bits per heavy atom. The highest BCUT2D eigenvalue weighted by atomic mass is 16.3. The quantitative estimate of drug-likeness (QED) is 0.855. The lowest BCUT2D eigenvalue weighted by molar-refractivity contribution is -0.127. The first-order valence-corrected chi connectivity index (χ1v) is 7.84. The number of urea groups is 1. The summed E-state index contributed by atoms with van der Waals surface area (Å²) in [6.45, 7) is 2.35. The SMILES string of the molecule is Cc1ccc(CCNC(=O)Nc2ccccc2CC(=O)N(C)C)o1. The van der Waals surface area contributed by atoms with Crippen molar-refractivity contribution in [1.82, 2.24) is 10.2 Å². The number of rotatable bonds is 6. The predicted octanol–water partition coefficient (Wildman–Crippen LogP) is 2.58. The molecule has 0 saturated heterocycles. The molecule has 1 aromatic heterocycles. The topological polar surface area (TPSA) is 74.6 Å². The van der Waals surface area contributed by atoms with Gasteiger partial charge in [0.2, 0.25) is 5.91 Å². The summed E-state index contributed by atoms with van der Waals surface area (Å²) in [7, 11) is 3.42. The number of nitrogens with one attached hydrogen (secondary N) is 2. The van der Waals surface area contributed by atoms with Gasteiger partial charge in [0, 0.05) is 32.7 Å². The molecule has 0 aliphatic rings. The number of amides is 3. The van der Waals surface area contributed by atoms with Crippen molar-refractivity contribution in [3.63, 3.8) is 0 Å². The zero-order valence-corrected chi connectivity index (χ0v) is 14.3. The van der Waals surface area contributed by atoms with Crippen molar-refractivity contribution in [1.29, 1.82) is 0 Å². The Morgan fingerprint density at radius 3 is 2.54 bits per heavy atom. The molecule has 0 aliphatic heterocycles. The Morgan fingerprint density at radius 2 is 1.88 bits per heavy atom. The van der Waals surface area contributed by atoms with Crippen molar-refractivity contribution in [2.24, 2.45) is 0 Å². The molecule has 2 N–H and O–H groups in total. The van der Waals surface area contributed by atoms with E-state index in [1.165, 1.54) is 4.90 Å². The summed E-state index contributed by atoms with van der Waals surface area (Å²) < 4.78 is 5.46. The van der Waals surface area contributed by atoms with Gasteiger partial charge in [-0.25, -0.2) is 4.79 Å². The summed E-state index contributed by atoms with van der Waals surface area (Å²) in [4.78, 5) is 25.4. The zero-order valence-electron chi connectivity index (χ0n) is 14.3. The Hall–Kier alpha value is -2.76. The largest absolute Gasteiger partial charge is 0.466 e. The molecule has 0 aliphatic carbocycles. The molecule has 1 heterocycles. The maximum Gasteiger partial charge on any atom is 0.319 e. The smallest absolute Gasteiger partial charge is 0.319 e. The number of hydrogen-bond donors (Lipinski definition) is 2. The third-order valence-electron chi connectivity index (χ3n) is 3.56. The van der Waals surface area contributed by atoms with Crippen molar-refractivity contribution in [2.75, 3.05) is 26.0 Å². The Bertz CT molecular complexity index is 707. The van der Waals surface area contributed by atoms with Crippen molar-refractivity contribution < 1.29 is 14.0 Å². The molecular weight excluding hydrogens is 306 g/mol. The highest BCUT2D eigenvalue weighted by Gasteiger charge is 2.11. The molecule has 6 heteroatoms. The van der Waals surface area contributed by atoms with Gasteiger partial charge in [-0.3, -0.25) is 4.79 Å². The summed E-state index contributed by atoms with van der Waals surface area (Å²) in [5.74, 6) is 1.68. The monoisotopic (exact) mass is 329 g/mol. The highest BCUT2D eigenvalue weighted by Crippen LogP contribution is 2.16. The lowest BCUT2D eigenvalue weighted by Crippen LogP contribution is -2.31. The number of furan rings is 1. The number of anilines is 1. The van der Waals surface area contributed by atoms with Crippen LogP contribution in [0.2, 0.25) is 0 Å². The first kappa shape index (κ1) is 17.6. The van der Waals surface area contributed by atoms with Crippen molar-refractivity contribution in [3.05, 3.63) is 53.5 Å². The maximum absolute atomic E-state index is 12.0. The number of likely N-dealkylation sites (N-methyl/N-ethyl adjacent to an activating group) is 1. The highest BCUT2D eigenvalue weighted by molar-refractivity contribution is 5.91. The molecule has 0 unspecified atom stereocenters. The van der Waals surface area contributed by atoms with E-state index in [0.29, 0.717) is 18.7 Å². The van der Waals surface area contributed by atoms with Crippen molar-refractivity contribution in [3.8, 4) is 0 Å². The second-order valence-electron chi connectivity index (χ2n) is 5.77. The predicted molar refractivity (Wildman–Crippen MR) is 93.0 cm³/mol. The molecular formula is C18H23N3O3. The number of para-hydroxylation sites is 1. The van der Waals surface area contributed by atoms with Crippen LogP contribution in [-0.4, -0.2) is 37.5 Å². The summed E-state index contributed by atoms with van der Waals surface area (Å²) in [6.07, 6.45) is 0.872. The Kier molecular flexibility index (Phi) is 6.01. The summed E-state index contributed by atoms with van der Waals surface area (Å²) in [5, 5.41) is 5.58. The van der Waals surface area contributed by atoms with Crippen LogP contribution in [0.5, 0.6) is 0 Å². The number of nitrogens with zero attached hydrogens (tertiary/aromatic N) is 1. The van der Waals surface area contributed by atoms with Gasteiger partial charge in [0.25, 0.3) is 0 Å². The van der Waals surface area contributed by atoms with Crippen molar-refractivity contribution in [2.45, 2.75) is 19.8 Å². The molecule has 1 aromatic carbocycles. The molecule has 0 bridgehead atoms. The molecule has 0 spiro atoms. The van der Waals surface area contributed by atoms with E-state index in [9.17, 15) is 9.59 Å². The second kappa shape index (κ2) is 8.19. The van der Waals surface area contributed by atoms with E-state index < -0.39 is 0 Å². The Balaban J connectivity index is 1.88. The molecule has 2 rings (SSSR count). The van der Waals surface area contributed by atoms with Gasteiger partial charge in [-0.15, -0.1) is 0 Å². The first-order valence-electron chi connectivity index (χ1n) is 7.84. The third kappa shape index (κ3) is 5.15. The van der Waals surface area contributed by atoms with E-state index in [1.54, 1.807) is 20.2 Å². The zero-order chi connectivity index (χ0) is 17.5. The molecule has 0 radical (unpaired) electrons. The Labute approximate surface area is 141 Å². The lowest BCUT2D eigenvalue weighted by Gasteiger charge is -2.14. The minimum absolute atomic E-state index is 0.0159. The van der Waals surface area contributed by atoms with E-state index >= 15 is 0 Å². The fourth-order valence-corrected chi connectivity index (χ4v) is 2.20. The average molecular weight is 329 g/mol. The maximum atomic E-state index is 12.0. The number of aryl methyl sites for hydroxylation is 1. The normalized spacial score (nSPS) is 10.3. The van der Waals surface area contributed by atoms with Crippen LogP contribution in [0.1, 0.15) is 17.1 Å². The van der Waals surface area contributed by atoms with Crippen LogP contribution in [0.15, 0.2) is 40.8 Å². The average Bonchev–Trinajstić information content (AvgIpc) is 2.94. The third-order valence-corrected chi connectivity index (χ3v) is 3.56. The van der Waals surface area contributed by atoms with Gasteiger partial charge < -0.3 is 20.0 Å². The molecule has 2 aromatic rings. The van der Waals surface area contributed by atoms with E-state index in [1.807, 2.05) is 37.3 Å². The van der Waals surface area contributed by atoms with Gasteiger partial charge >= 0.3 is 6.03 Å². The van der Waals surface area contributed by atoms with E-state index in [0.717, 1.165) is 17.1 Å². The fourth-order valence-electron chi connectivity index (χ4n) is 2.20. The summed E-state index contributed by atoms with van der Waals surface area (Å²) in [5.41, 5.74) is 1.42. The molecule has 0 saturated carbocycles. The second-order valence-corrected chi connectivity index (χ2v) is 5.77. The number of hydrogen-bond acceptors (Lipinski definition) is 3. The van der Waals surface area contributed by atoms with Gasteiger partial charge in [0.05, 0.1) is 6.42 Å². The minimum Gasteiger partial charge on any atom is -0.466 e. The van der Waals surface area contributed by atoms with Crippen LogP contribution in [0.3, 0.4) is 0 Å². The van der Waals surface area contributed by atoms with Gasteiger partial charge in [-0.2, -0.15) is 0 Å². The van der Waals surface area contributed by atoms with Crippen LogP contribution >= 0.6 is 0 Å². The van der Waals surface area contributed by atoms with Gasteiger partial charge in [-0.1, -0.05) is 18.2 Å². The lowest BCUT2D eigenvalue weighted by atomic mass is 10.1. The summed E-state index contributed by atoms with van der Waals surface area (Å²) in [6, 6.07) is 10.8. The van der Waals surface area contributed by atoms with E-state index in [2.05, 4.69) is 10.6 Å². The molecule has 6 nitrogen and oxygen atoms in total. The number of carbonyl (C=O) groups is 2.